The van der Waals surface area contributed by atoms with Crippen molar-refractivity contribution in [3.8, 4) is 0 Å². The Kier molecular flexibility index (Phi) is 31.8. The second kappa shape index (κ2) is 24.1. The van der Waals surface area contributed by atoms with Gasteiger partial charge in [-0.2, -0.15) is 20.0 Å². The third kappa shape index (κ3) is 21.5. The van der Waals surface area contributed by atoms with Crippen LogP contribution in [0, 0.1) is 48.4 Å². The predicted molar refractivity (Wildman–Crippen MR) is 82.1 cm³/mol. The molecule has 0 unspecified atom stereocenters. The molecule has 0 saturated heterocycles. The van der Waals surface area contributed by atoms with Gasteiger partial charge in [-0.3, -0.25) is 6.67 Å². The minimum Gasteiger partial charge on any atom is -0.681 e. The number of hydrogen-bond donors (Lipinski definition) is 0. The fraction of sp³-hybridized carbons (Fsp3) is 0.933. The van der Waals surface area contributed by atoms with Crippen LogP contribution in [0.25, 0.3) is 10.6 Å². The molecule has 0 aromatic heterocycles. The van der Waals surface area contributed by atoms with Gasteiger partial charge in [0.15, 0.2) is 0 Å². The Bertz CT molecular complexity index is 127. The number of rotatable bonds is 7. The molecule has 4 heteroatoms. The van der Waals surface area contributed by atoms with Crippen molar-refractivity contribution in [2.75, 3.05) is 33.5 Å². The van der Waals surface area contributed by atoms with E-state index in [1.165, 1.54) is 32.1 Å². The molecule has 112 valence electrons. The monoisotopic (exact) mass is 396 g/mol. The van der Waals surface area contributed by atoms with Gasteiger partial charge < -0.3 is 22.3 Å². The molecule has 19 heavy (non-hydrogen) atoms. The second-order valence-corrected chi connectivity index (χ2v) is 4.15. The predicted octanol–water partition coefficient (Wildman–Crippen LogP) is 4.78. The molecule has 0 spiro atoms. The molecule has 0 radical (unpaired) electrons. The SMILES string of the molecule is CC[N-]C[N-]CC.COCCC1CCCC1.[CH2-]C.[La+3]. The minimum absolute atomic E-state index is 0. The third-order valence-corrected chi connectivity index (χ3v) is 2.85. The number of ether oxygens (including phenoxy) is 1. The largest absolute Gasteiger partial charge is 3.00 e. The summed E-state index contributed by atoms with van der Waals surface area (Å²) >= 11 is 0. The summed E-state index contributed by atoms with van der Waals surface area (Å²) in [6.45, 7) is 12.5. The molecular weight excluding hydrogens is 363 g/mol. The van der Waals surface area contributed by atoms with Crippen molar-refractivity contribution in [1.29, 1.82) is 0 Å². The molecule has 0 amide bonds. The summed E-state index contributed by atoms with van der Waals surface area (Å²) in [6, 6.07) is 0. The van der Waals surface area contributed by atoms with Crippen LogP contribution in [0.4, 0.5) is 0 Å². The topological polar surface area (TPSA) is 37.4 Å². The van der Waals surface area contributed by atoms with Gasteiger partial charge in [0.2, 0.25) is 0 Å². The van der Waals surface area contributed by atoms with E-state index in [-0.39, 0.29) is 35.6 Å². The van der Waals surface area contributed by atoms with E-state index in [0.717, 1.165) is 25.6 Å². The van der Waals surface area contributed by atoms with Crippen molar-refractivity contribution in [2.45, 2.75) is 52.9 Å². The molecule has 0 aromatic carbocycles. The van der Waals surface area contributed by atoms with Gasteiger partial charge in [0.05, 0.1) is 0 Å². The van der Waals surface area contributed by atoms with Gasteiger partial charge in [-0.1, -0.05) is 39.5 Å². The molecule has 1 saturated carbocycles. The van der Waals surface area contributed by atoms with E-state index >= 15 is 0 Å². The first-order valence-electron chi connectivity index (χ1n) is 7.31. The van der Waals surface area contributed by atoms with Crippen molar-refractivity contribution in [3.63, 3.8) is 0 Å². The molecule has 3 nitrogen and oxygen atoms in total. The molecule has 0 atom stereocenters. The maximum Gasteiger partial charge on any atom is 3.00 e. The van der Waals surface area contributed by atoms with Gasteiger partial charge in [0, 0.05) is 13.7 Å². The first-order chi connectivity index (χ1) is 8.85. The second-order valence-electron chi connectivity index (χ2n) is 4.15. The Morgan fingerprint density at radius 3 is 1.89 bits per heavy atom. The molecule has 0 heterocycles. The van der Waals surface area contributed by atoms with E-state index in [2.05, 4.69) is 17.6 Å². The molecule has 1 aliphatic rings. The van der Waals surface area contributed by atoms with Crippen LogP contribution >= 0.6 is 0 Å². The van der Waals surface area contributed by atoms with Crippen LogP contribution in [-0.2, 0) is 4.74 Å². The minimum atomic E-state index is 0. The van der Waals surface area contributed by atoms with Gasteiger partial charge in [-0.05, 0) is 12.3 Å². The van der Waals surface area contributed by atoms with Gasteiger partial charge in [-0.15, -0.1) is 0 Å². The van der Waals surface area contributed by atoms with Gasteiger partial charge in [-0.25, -0.2) is 0 Å². The summed E-state index contributed by atoms with van der Waals surface area (Å²) in [6.07, 6.45) is 7.09. The van der Waals surface area contributed by atoms with E-state index in [0.29, 0.717) is 6.67 Å². The average Bonchev–Trinajstić information content (AvgIpc) is 2.93. The van der Waals surface area contributed by atoms with Gasteiger partial charge in [0.1, 0.15) is 0 Å². The van der Waals surface area contributed by atoms with E-state index < -0.39 is 0 Å². The van der Waals surface area contributed by atoms with Crippen molar-refractivity contribution in [3.05, 3.63) is 17.6 Å². The zero-order valence-electron chi connectivity index (χ0n) is 13.5. The Balaban J connectivity index is -0.000000233. The third-order valence-electron chi connectivity index (χ3n) is 2.85. The van der Waals surface area contributed by atoms with Crippen molar-refractivity contribution in [1.82, 2.24) is 0 Å². The van der Waals surface area contributed by atoms with Crippen LogP contribution in [-0.4, -0.2) is 33.5 Å². The Morgan fingerprint density at radius 2 is 1.53 bits per heavy atom. The molecular formula is C15H33LaN2O. The number of hydrogen-bond acceptors (Lipinski definition) is 1. The zero-order chi connectivity index (χ0) is 14.1. The summed E-state index contributed by atoms with van der Waals surface area (Å²) in [7, 11) is 1.79. The molecule has 0 aromatic rings. The summed E-state index contributed by atoms with van der Waals surface area (Å²) in [5, 5.41) is 7.99. The quantitative estimate of drug-likeness (QED) is 0.451. The summed E-state index contributed by atoms with van der Waals surface area (Å²) in [4.78, 5) is 0. The van der Waals surface area contributed by atoms with Crippen LogP contribution in [0.2, 0.25) is 0 Å². The van der Waals surface area contributed by atoms with Crippen LogP contribution in [0.1, 0.15) is 52.9 Å². The first-order valence-corrected chi connectivity index (χ1v) is 7.31. The number of methoxy groups -OCH3 is 1. The fourth-order valence-corrected chi connectivity index (χ4v) is 1.85. The molecule has 0 aliphatic heterocycles. The molecule has 0 N–H and O–H groups in total. The Morgan fingerprint density at radius 1 is 1.05 bits per heavy atom. The first kappa shape index (κ1) is 25.1. The Labute approximate surface area is 149 Å². The molecule has 1 rings (SSSR count). The van der Waals surface area contributed by atoms with Gasteiger partial charge in [0.25, 0.3) is 0 Å². The van der Waals surface area contributed by atoms with E-state index in [1.54, 1.807) is 14.0 Å². The smallest absolute Gasteiger partial charge is 0.681 e. The molecule has 1 fully saturated rings. The van der Waals surface area contributed by atoms with E-state index in [9.17, 15) is 0 Å². The standard InChI is InChI=1S/C8H16O.C5H12N2.C2H5.La/c1-9-7-6-8-4-2-3-5-8;1-3-6-5-7-4-2;1-2;/h8H,2-7H2,1H3;3-5H2,1-2H3;1H2,2H3;/q;-2;-1;+3. The fourth-order valence-electron chi connectivity index (χ4n) is 1.85. The van der Waals surface area contributed by atoms with Crippen molar-refractivity contribution in [2.24, 2.45) is 5.92 Å². The van der Waals surface area contributed by atoms with Crippen LogP contribution in [0.15, 0.2) is 0 Å². The number of nitrogens with zero attached hydrogens (tertiary/aromatic N) is 2. The molecule has 0 bridgehead atoms. The van der Waals surface area contributed by atoms with E-state index in [1.807, 2.05) is 13.8 Å². The maximum absolute atomic E-state index is 5.00. The van der Waals surface area contributed by atoms with Crippen LogP contribution in [0.3, 0.4) is 0 Å². The zero-order valence-corrected chi connectivity index (χ0v) is 17.2. The summed E-state index contributed by atoms with van der Waals surface area (Å²) in [5.41, 5.74) is 0. The summed E-state index contributed by atoms with van der Waals surface area (Å²) in [5.74, 6) is 0.991. The van der Waals surface area contributed by atoms with Crippen LogP contribution < -0.4 is 0 Å². The Hall–Kier alpha value is 1.07. The van der Waals surface area contributed by atoms with E-state index in [4.69, 9.17) is 4.74 Å². The van der Waals surface area contributed by atoms with Crippen LogP contribution in [0.5, 0.6) is 0 Å². The van der Waals surface area contributed by atoms with Crippen molar-refractivity contribution < 1.29 is 40.3 Å². The normalized spacial score (nSPS) is 13.7. The molecule has 1 aliphatic carbocycles. The average molecular weight is 396 g/mol. The maximum atomic E-state index is 5.00. The summed E-state index contributed by atoms with van der Waals surface area (Å²) < 4.78 is 5.00. The van der Waals surface area contributed by atoms with Crippen molar-refractivity contribution >= 4 is 0 Å². The van der Waals surface area contributed by atoms with Gasteiger partial charge >= 0.3 is 35.6 Å².